The summed E-state index contributed by atoms with van der Waals surface area (Å²) in [5, 5.41) is 8.70. The summed E-state index contributed by atoms with van der Waals surface area (Å²) in [6.07, 6.45) is -0.0780. The lowest BCUT2D eigenvalue weighted by Crippen LogP contribution is -2.33. The molecule has 0 aromatic heterocycles. The smallest absolute Gasteiger partial charge is 0.325 e. The van der Waals surface area contributed by atoms with Crippen LogP contribution in [0.2, 0.25) is 0 Å². The van der Waals surface area contributed by atoms with E-state index in [0.29, 0.717) is 11.4 Å². The molecule has 0 atom stereocenters. The molecule has 0 saturated carbocycles. The van der Waals surface area contributed by atoms with E-state index >= 15 is 0 Å². The molecule has 0 aliphatic carbocycles. The Morgan fingerprint density at radius 2 is 2.06 bits per heavy atom. The van der Waals surface area contributed by atoms with Crippen molar-refractivity contribution in [3.8, 4) is 0 Å². The van der Waals surface area contributed by atoms with Crippen LogP contribution < -0.4 is 10.6 Å². The minimum atomic E-state index is -0.931. The first-order valence-corrected chi connectivity index (χ1v) is 5.42. The zero-order valence-electron chi connectivity index (χ0n) is 10.1. The Labute approximate surface area is 105 Å². The first-order valence-electron chi connectivity index (χ1n) is 5.42. The second-order valence-electron chi connectivity index (χ2n) is 3.70. The van der Waals surface area contributed by atoms with E-state index in [2.05, 4.69) is 4.74 Å². The molecule has 1 aromatic rings. The second kappa shape index (κ2) is 6.48. The number of carboxylic acid groups (broad SMARTS) is 1. The maximum absolute atomic E-state index is 11.3. The topological polar surface area (TPSA) is 92.9 Å². The molecule has 1 rings (SSSR count). The molecule has 18 heavy (non-hydrogen) atoms. The Kier molecular flexibility index (Phi) is 4.98. The molecule has 0 heterocycles. The van der Waals surface area contributed by atoms with Crippen LogP contribution in [-0.4, -0.2) is 37.2 Å². The number of ether oxygens (including phenoxy) is 1. The number of hydrogen-bond donors (Lipinski definition) is 2. The average Bonchev–Trinajstić information content (AvgIpc) is 2.34. The highest BCUT2D eigenvalue weighted by atomic mass is 16.5. The van der Waals surface area contributed by atoms with Gasteiger partial charge in [0.05, 0.1) is 24.9 Å². The number of benzene rings is 1. The number of hydrogen-bond acceptors (Lipinski definition) is 5. The SMILES string of the molecule is COC(=O)CN(CCC(=O)O)c1ccccc1N. The summed E-state index contributed by atoms with van der Waals surface area (Å²) in [6, 6.07) is 6.98. The van der Waals surface area contributed by atoms with E-state index in [1.807, 2.05) is 0 Å². The van der Waals surface area contributed by atoms with Crippen molar-refractivity contribution in [1.82, 2.24) is 0 Å². The summed E-state index contributed by atoms with van der Waals surface area (Å²) in [4.78, 5) is 23.5. The molecule has 98 valence electrons. The van der Waals surface area contributed by atoms with Crippen molar-refractivity contribution in [2.75, 3.05) is 30.8 Å². The number of para-hydroxylation sites is 2. The van der Waals surface area contributed by atoms with Crippen molar-refractivity contribution in [2.45, 2.75) is 6.42 Å². The van der Waals surface area contributed by atoms with Gasteiger partial charge >= 0.3 is 11.9 Å². The fraction of sp³-hybridized carbons (Fsp3) is 0.333. The minimum Gasteiger partial charge on any atom is -0.481 e. The van der Waals surface area contributed by atoms with Gasteiger partial charge in [0.2, 0.25) is 0 Å². The predicted octanol–water partition coefficient (Wildman–Crippen LogP) is 0.723. The van der Waals surface area contributed by atoms with Crippen molar-refractivity contribution in [1.29, 1.82) is 0 Å². The van der Waals surface area contributed by atoms with E-state index in [1.165, 1.54) is 7.11 Å². The number of nitrogens with two attached hydrogens (primary N) is 1. The maximum Gasteiger partial charge on any atom is 0.325 e. The molecule has 6 nitrogen and oxygen atoms in total. The largest absolute Gasteiger partial charge is 0.481 e. The number of rotatable bonds is 6. The van der Waals surface area contributed by atoms with Crippen LogP contribution in [0, 0.1) is 0 Å². The number of carboxylic acids is 1. The van der Waals surface area contributed by atoms with Crippen molar-refractivity contribution < 1.29 is 19.4 Å². The molecular weight excluding hydrogens is 236 g/mol. The van der Waals surface area contributed by atoms with Crippen molar-refractivity contribution in [3.05, 3.63) is 24.3 Å². The molecule has 0 saturated heterocycles. The molecule has 0 bridgehead atoms. The fourth-order valence-electron chi connectivity index (χ4n) is 1.51. The van der Waals surface area contributed by atoms with Gasteiger partial charge in [-0.25, -0.2) is 0 Å². The molecular formula is C12H16N2O4. The lowest BCUT2D eigenvalue weighted by molar-refractivity contribution is -0.140. The van der Waals surface area contributed by atoms with Gasteiger partial charge in [0.15, 0.2) is 0 Å². The summed E-state index contributed by atoms with van der Waals surface area (Å²) < 4.78 is 4.58. The molecule has 0 radical (unpaired) electrons. The number of nitrogen functional groups attached to an aromatic ring is 1. The van der Waals surface area contributed by atoms with E-state index < -0.39 is 11.9 Å². The van der Waals surface area contributed by atoms with Crippen LogP contribution in [0.4, 0.5) is 11.4 Å². The quantitative estimate of drug-likeness (QED) is 0.572. The maximum atomic E-state index is 11.3. The molecule has 0 unspecified atom stereocenters. The summed E-state index contributed by atoms with van der Waals surface area (Å²) in [7, 11) is 1.28. The number of esters is 1. The minimum absolute atomic E-state index is 0.0298. The lowest BCUT2D eigenvalue weighted by atomic mass is 10.2. The molecule has 0 aliphatic rings. The predicted molar refractivity (Wildman–Crippen MR) is 67.3 cm³/mol. The summed E-state index contributed by atoms with van der Waals surface area (Å²) >= 11 is 0. The van der Waals surface area contributed by atoms with Crippen LogP contribution in [-0.2, 0) is 14.3 Å². The van der Waals surface area contributed by atoms with Gasteiger partial charge in [-0.15, -0.1) is 0 Å². The molecule has 0 aliphatic heterocycles. The number of carbonyl (C=O) groups is 2. The molecule has 0 fully saturated rings. The van der Waals surface area contributed by atoms with Crippen molar-refractivity contribution in [3.63, 3.8) is 0 Å². The van der Waals surface area contributed by atoms with Crippen LogP contribution >= 0.6 is 0 Å². The van der Waals surface area contributed by atoms with Gasteiger partial charge in [-0.1, -0.05) is 12.1 Å². The van der Waals surface area contributed by atoms with E-state index in [0.717, 1.165) is 0 Å². The van der Waals surface area contributed by atoms with Gasteiger partial charge in [0.1, 0.15) is 6.54 Å². The highest BCUT2D eigenvalue weighted by Crippen LogP contribution is 2.22. The Balaban J connectivity index is 2.85. The van der Waals surface area contributed by atoms with Crippen LogP contribution in [0.25, 0.3) is 0 Å². The molecule has 1 aromatic carbocycles. The fourth-order valence-corrected chi connectivity index (χ4v) is 1.51. The number of aliphatic carboxylic acids is 1. The number of anilines is 2. The zero-order chi connectivity index (χ0) is 13.5. The van der Waals surface area contributed by atoms with Gasteiger partial charge in [-0.2, -0.15) is 0 Å². The Morgan fingerprint density at radius 3 is 2.61 bits per heavy atom. The van der Waals surface area contributed by atoms with E-state index in [-0.39, 0.29) is 19.5 Å². The Bertz CT molecular complexity index is 434. The van der Waals surface area contributed by atoms with Crippen LogP contribution in [0.1, 0.15) is 6.42 Å². The average molecular weight is 252 g/mol. The molecule has 0 amide bonds. The van der Waals surface area contributed by atoms with Crippen molar-refractivity contribution in [2.24, 2.45) is 0 Å². The van der Waals surface area contributed by atoms with Gasteiger partial charge in [-0.05, 0) is 12.1 Å². The third-order valence-corrected chi connectivity index (χ3v) is 2.42. The first kappa shape index (κ1) is 13.8. The molecule has 3 N–H and O–H groups in total. The highest BCUT2D eigenvalue weighted by molar-refractivity contribution is 5.79. The Hall–Kier alpha value is -2.24. The second-order valence-corrected chi connectivity index (χ2v) is 3.70. The summed E-state index contributed by atoms with van der Waals surface area (Å²) in [5.74, 6) is -1.37. The van der Waals surface area contributed by atoms with Gasteiger partial charge in [-0.3, -0.25) is 9.59 Å². The Morgan fingerprint density at radius 1 is 1.39 bits per heavy atom. The normalized spacial score (nSPS) is 9.83. The van der Waals surface area contributed by atoms with E-state index in [1.54, 1.807) is 29.2 Å². The third kappa shape index (κ3) is 3.97. The van der Waals surface area contributed by atoms with Gasteiger partial charge < -0.3 is 20.5 Å². The summed E-state index contributed by atoms with van der Waals surface area (Å²) in [6.45, 7) is 0.163. The highest BCUT2D eigenvalue weighted by Gasteiger charge is 2.15. The van der Waals surface area contributed by atoms with Crippen LogP contribution in [0.5, 0.6) is 0 Å². The monoisotopic (exact) mass is 252 g/mol. The van der Waals surface area contributed by atoms with Gasteiger partial charge in [0, 0.05) is 6.54 Å². The summed E-state index contributed by atoms with van der Waals surface area (Å²) in [5.41, 5.74) is 6.93. The standard InChI is InChI=1S/C12H16N2O4/c1-18-12(17)8-14(7-6-11(15)16)10-5-3-2-4-9(10)13/h2-5H,6-8,13H2,1H3,(H,15,16). The first-order chi connectivity index (χ1) is 8.54. The van der Waals surface area contributed by atoms with Crippen LogP contribution in [0.3, 0.4) is 0 Å². The number of carbonyl (C=O) groups excluding carboxylic acids is 1. The molecule has 6 heteroatoms. The molecule has 0 spiro atoms. The number of methoxy groups -OCH3 is 1. The zero-order valence-corrected chi connectivity index (χ0v) is 10.1. The van der Waals surface area contributed by atoms with E-state index in [4.69, 9.17) is 10.8 Å². The van der Waals surface area contributed by atoms with Crippen molar-refractivity contribution >= 4 is 23.3 Å². The number of nitrogens with zero attached hydrogens (tertiary/aromatic N) is 1. The third-order valence-electron chi connectivity index (χ3n) is 2.42. The van der Waals surface area contributed by atoms with Crippen LogP contribution in [0.15, 0.2) is 24.3 Å². The van der Waals surface area contributed by atoms with E-state index in [9.17, 15) is 9.59 Å². The lowest BCUT2D eigenvalue weighted by Gasteiger charge is -2.24. The van der Waals surface area contributed by atoms with Gasteiger partial charge in [0.25, 0.3) is 0 Å².